The van der Waals surface area contributed by atoms with Gasteiger partial charge in [0.05, 0.1) is 29.5 Å². The van der Waals surface area contributed by atoms with E-state index in [0.717, 1.165) is 34.0 Å². The van der Waals surface area contributed by atoms with E-state index in [4.69, 9.17) is 14.2 Å². The monoisotopic (exact) mass is 577 g/mol. The van der Waals surface area contributed by atoms with Crippen LogP contribution in [0.15, 0.2) is 23.2 Å². The molecule has 2 fully saturated rings. The number of fused-ring (bicyclic) bond motifs is 2. The number of nitrogens with zero attached hydrogens (tertiary/aromatic N) is 3. The maximum atomic E-state index is 13.5. The van der Waals surface area contributed by atoms with Gasteiger partial charge in [0.1, 0.15) is 21.9 Å². The molecule has 4 heterocycles. The van der Waals surface area contributed by atoms with Crippen molar-refractivity contribution in [1.82, 2.24) is 14.3 Å². The van der Waals surface area contributed by atoms with E-state index >= 15 is 0 Å². The Balaban J connectivity index is 1.31. The van der Waals surface area contributed by atoms with Crippen molar-refractivity contribution < 1.29 is 33.7 Å². The van der Waals surface area contributed by atoms with Crippen molar-refractivity contribution in [3.8, 4) is 0 Å². The largest absolute Gasteiger partial charge is 0.511 e. The first kappa shape index (κ1) is 28.0. The van der Waals surface area contributed by atoms with Crippen LogP contribution in [0.3, 0.4) is 0 Å². The molecule has 0 spiro atoms. The summed E-state index contributed by atoms with van der Waals surface area (Å²) < 4.78 is 17.8. The van der Waals surface area contributed by atoms with Gasteiger partial charge in [-0.3, -0.25) is 9.20 Å². The third-order valence-electron chi connectivity index (χ3n) is 8.01. The molecule has 5 rings (SSSR count). The number of carbonyl (C=O) groups excluding carboxylic acids is 3. The Labute approximate surface area is 235 Å². The average Bonchev–Trinajstić information content (AvgIpc) is 3.54. The number of hydrogen-bond donors (Lipinski definition) is 1. The highest BCUT2D eigenvalue weighted by Crippen LogP contribution is 2.52. The van der Waals surface area contributed by atoms with Crippen LogP contribution in [0.1, 0.15) is 64.2 Å². The summed E-state index contributed by atoms with van der Waals surface area (Å²) in [6.45, 7) is 5.24. The van der Waals surface area contributed by atoms with E-state index in [1.807, 2.05) is 23.8 Å². The Morgan fingerprint density at radius 2 is 1.97 bits per heavy atom. The molecule has 12 heteroatoms. The molecule has 1 aliphatic carbocycles. The maximum absolute atomic E-state index is 13.5. The first-order valence-corrected chi connectivity index (χ1v) is 15.6. The number of esters is 1. The standard InChI is InChI=1S/C27H35N3O7S2/c1-14-19(18-12-29-13-28-23(38-4)25(29)39-18)22(30-21(14)20(15(2)31)24(30)32)26(33)36-16(3)37-27(34)35-11-10-17-8-6-5-7-9-17/h12-17,20-21,31H,5-11H2,1-4H3/t14-,15+,16?,20+,21+/m0/s1. The highest BCUT2D eigenvalue weighted by molar-refractivity contribution is 7.98. The van der Waals surface area contributed by atoms with Crippen LogP contribution in [-0.2, 0) is 23.8 Å². The van der Waals surface area contributed by atoms with Crippen LogP contribution in [-0.4, -0.2) is 68.7 Å². The lowest BCUT2D eigenvalue weighted by atomic mass is 9.77. The molecule has 0 aromatic carbocycles. The zero-order valence-electron chi connectivity index (χ0n) is 22.6. The summed E-state index contributed by atoms with van der Waals surface area (Å²) in [5.74, 6) is -1.35. The number of thiazole rings is 1. The lowest BCUT2D eigenvalue weighted by Crippen LogP contribution is -2.63. The van der Waals surface area contributed by atoms with Crippen LogP contribution in [0.4, 0.5) is 4.79 Å². The Kier molecular flexibility index (Phi) is 8.25. The van der Waals surface area contributed by atoms with E-state index < -0.39 is 30.4 Å². The molecule has 2 aliphatic heterocycles. The zero-order valence-corrected chi connectivity index (χ0v) is 24.3. The molecular weight excluding hydrogens is 542 g/mol. The number of aliphatic hydroxyl groups is 1. The molecule has 39 heavy (non-hydrogen) atoms. The molecule has 0 bridgehead atoms. The highest BCUT2D eigenvalue weighted by atomic mass is 32.2. The van der Waals surface area contributed by atoms with Gasteiger partial charge >= 0.3 is 12.1 Å². The lowest BCUT2D eigenvalue weighted by molar-refractivity contribution is -0.173. The van der Waals surface area contributed by atoms with Crippen molar-refractivity contribution in [3.63, 3.8) is 0 Å². The first-order valence-electron chi connectivity index (χ1n) is 13.5. The van der Waals surface area contributed by atoms with Crippen molar-refractivity contribution in [1.29, 1.82) is 0 Å². The molecule has 212 valence electrons. The van der Waals surface area contributed by atoms with Crippen LogP contribution in [0.25, 0.3) is 10.4 Å². The second-order valence-corrected chi connectivity index (χ2v) is 12.4. The van der Waals surface area contributed by atoms with Crippen LogP contribution >= 0.6 is 23.1 Å². The average molecular weight is 578 g/mol. The fourth-order valence-corrected chi connectivity index (χ4v) is 8.03. The predicted molar refractivity (Wildman–Crippen MR) is 146 cm³/mol. The van der Waals surface area contributed by atoms with Gasteiger partial charge in [-0.05, 0) is 25.5 Å². The number of ether oxygens (including phenoxy) is 3. The second kappa shape index (κ2) is 11.5. The van der Waals surface area contributed by atoms with Gasteiger partial charge in [-0.1, -0.05) is 39.0 Å². The number of hydrogen-bond acceptors (Lipinski definition) is 10. The summed E-state index contributed by atoms with van der Waals surface area (Å²) in [5.41, 5.74) is 0.795. The van der Waals surface area contributed by atoms with E-state index in [2.05, 4.69) is 4.98 Å². The van der Waals surface area contributed by atoms with Gasteiger partial charge in [0.25, 0.3) is 0 Å². The van der Waals surface area contributed by atoms with Crippen LogP contribution in [0.2, 0.25) is 0 Å². The Morgan fingerprint density at radius 1 is 1.23 bits per heavy atom. The third-order valence-corrected chi connectivity index (χ3v) is 9.97. The van der Waals surface area contributed by atoms with E-state index in [1.54, 1.807) is 13.3 Å². The van der Waals surface area contributed by atoms with Gasteiger partial charge < -0.3 is 24.2 Å². The highest BCUT2D eigenvalue weighted by Gasteiger charge is 2.60. The molecule has 1 unspecified atom stereocenters. The molecule has 0 radical (unpaired) electrons. The minimum Gasteiger partial charge on any atom is -0.434 e. The SMILES string of the molecule is CSc1ncn2cc(C3=C(C(=O)OC(C)OC(=O)OCCC4CCCCC4)N4C(=O)[C@H]([C@@H](C)O)[C@H]4[C@H]3C)sc12. The molecular formula is C27H35N3O7S2. The van der Waals surface area contributed by atoms with Gasteiger partial charge in [0.15, 0.2) is 0 Å². The van der Waals surface area contributed by atoms with Gasteiger partial charge in [-0.2, -0.15) is 0 Å². The number of β-lactam (4-membered cyclic amide) rings is 1. The normalized spacial score (nSPS) is 24.9. The fraction of sp³-hybridized carbons (Fsp3) is 0.630. The van der Waals surface area contributed by atoms with Gasteiger partial charge in [0, 0.05) is 24.6 Å². The Hall–Kier alpha value is -2.57. The minimum atomic E-state index is -1.21. The lowest BCUT2D eigenvalue weighted by Gasteiger charge is -2.46. The third kappa shape index (κ3) is 5.30. The number of thioether (sulfide) groups is 1. The summed E-state index contributed by atoms with van der Waals surface area (Å²) in [5, 5.41) is 11.1. The molecule has 2 aromatic heterocycles. The Bertz CT molecular complexity index is 1280. The molecule has 10 nitrogen and oxygen atoms in total. The van der Waals surface area contributed by atoms with E-state index in [9.17, 15) is 19.5 Å². The van der Waals surface area contributed by atoms with Crippen LogP contribution in [0.5, 0.6) is 0 Å². The quantitative estimate of drug-likeness (QED) is 0.196. The van der Waals surface area contributed by atoms with Gasteiger partial charge in [-0.25, -0.2) is 14.6 Å². The molecule has 1 amide bonds. The van der Waals surface area contributed by atoms with E-state index in [1.165, 1.54) is 54.2 Å². The van der Waals surface area contributed by atoms with Crippen molar-refractivity contribution in [2.24, 2.45) is 17.8 Å². The van der Waals surface area contributed by atoms with Crippen LogP contribution < -0.4 is 0 Å². The molecule has 1 saturated carbocycles. The van der Waals surface area contributed by atoms with Crippen molar-refractivity contribution in [3.05, 3.63) is 23.1 Å². The summed E-state index contributed by atoms with van der Waals surface area (Å²) in [7, 11) is 0. The van der Waals surface area contributed by atoms with Gasteiger partial charge in [0.2, 0.25) is 12.2 Å². The number of aliphatic hydroxyl groups excluding tert-OH is 1. The summed E-state index contributed by atoms with van der Waals surface area (Å²) in [4.78, 5) is 46.3. The van der Waals surface area contributed by atoms with Crippen molar-refractivity contribution >= 4 is 51.5 Å². The van der Waals surface area contributed by atoms with Crippen molar-refractivity contribution in [2.45, 2.75) is 82.8 Å². The molecule has 1 saturated heterocycles. The smallest absolute Gasteiger partial charge is 0.434 e. The van der Waals surface area contributed by atoms with E-state index in [0.29, 0.717) is 11.5 Å². The van der Waals surface area contributed by atoms with Crippen molar-refractivity contribution in [2.75, 3.05) is 12.9 Å². The number of rotatable bonds is 9. The zero-order chi connectivity index (χ0) is 27.8. The number of carbonyl (C=O) groups is 3. The summed E-state index contributed by atoms with van der Waals surface area (Å²) in [6, 6.07) is -0.365. The van der Waals surface area contributed by atoms with Gasteiger partial charge in [-0.15, -0.1) is 23.1 Å². The van der Waals surface area contributed by atoms with Crippen LogP contribution in [0, 0.1) is 17.8 Å². The molecule has 5 atom stereocenters. The Morgan fingerprint density at radius 3 is 2.67 bits per heavy atom. The molecule has 1 N–H and O–H groups in total. The predicted octanol–water partition coefficient (Wildman–Crippen LogP) is 4.70. The van der Waals surface area contributed by atoms with E-state index in [-0.39, 0.29) is 30.2 Å². The number of amides is 1. The number of aromatic nitrogens is 2. The second-order valence-electron chi connectivity index (χ2n) is 10.6. The fourth-order valence-electron chi connectivity index (χ4n) is 6.11. The summed E-state index contributed by atoms with van der Waals surface area (Å²) >= 11 is 3.01. The minimum absolute atomic E-state index is 0.124. The topological polar surface area (TPSA) is 120 Å². The summed E-state index contributed by atoms with van der Waals surface area (Å²) in [6.07, 6.45) is 9.41. The first-order chi connectivity index (χ1) is 18.7. The molecule has 3 aliphatic rings. The molecule has 2 aromatic rings. The maximum Gasteiger partial charge on any atom is 0.511 e. The number of imidazole rings is 1.